The molecule has 0 saturated heterocycles. The Balaban J connectivity index is 3.35. The van der Waals surface area contributed by atoms with Crippen LogP contribution >= 0.6 is 0 Å². The summed E-state index contributed by atoms with van der Waals surface area (Å²) in [6.07, 6.45) is 0. The van der Waals surface area contributed by atoms with Crippen molar-refractivity contribution >= 4 is 11.5 Å². The van der Waals surface area contributed by atoms with Gasteiger partial charge in [-0.1, -0.05) is 27.7 Å². The maximum absolute atomic E-state index is 11.5. The average molecular weight is 297 g/mol. The minimum absolute atomic E-state index is 0.00609. The van der Waals surface area contributed by atoms with Gasteiger partial charge in [0.15, 0.2) is 0 Å². The number of hydrogen-bond acceptors (Lipinski definition) is 5. The van der Waals surface area contributed by atoms with Crippen molar-refractivity contribution in [1.82, 2.24) is 9.78 Å². The second-order valence-corrected chi connectivity index (χ2v) is 6.48. The summed E-state index contributed by atoms with van der Waals surface area (Å²) in [4.78, 5) is 13.2. The molecule has 1 aromatic rings. The van der Waals surface area contributed by atoms with E-state index in [9.17, 15) is 10.1 Å². The van der Waals surface area contributed by atoms with E-state index in [0.29, 0.717) is 31.1 Å². The molecule has 0 bridgehead atoms. The van der Waals surface area contributed by atoms with Crippen LogP contribution in [0.1, 0.15) is 46.2 Å². The molecule has 2 N–H and O–H groups in total. The van der Waals surface area contributed by atoms with Gasteiger partial charge in [-0.15, -0.1) is 0 Å². The third-order valence-electron chi connectivity index (χ3n) is 3.60. The number of anilines is 1. The number of nitrogens with two attached hydrogens (primary N) is 1. The molecule has 0 aliphatic rings. The fourth-order valence-electron chi connectivity index (χ4n) is 2.36. The molecule has 0 aromatic carbocycles. The first kappa shape index (κ1) is 17.4. The largest absolute Gasteiger partial charge is 0.351 e. The lowest BCUT2D eigenvalue weighted by Crippen LogP contribution is -2.39. The molecule has 0 spiro atoms. The van der Waals surface area contributed by atoms with Crippen molar-refractivity contribution in [2.24, 2.45) is 18.2 Å². The van der Waals surface area contributed by atoms with Gasteiger partial charge in [-0.05, 0) is 18.9 Å². The Morgan fingerprint density at radius 1 is 1.48 bits per heavy atom. The number of rotatable bonds is 7. The summed E-state index contributed by atoms with van der Waals surface area (Å²) in [7, 11) is 1.76. The summed E-state index contributed by atoms with van der Waals surface area (Å²) in [6, 6.07) is 0. The van der Waals surface area contributed by atoms with Crippen LogP contribution in [-0.4, -0.2) is 34.3 Å². The van der Waals surface area contributed by atoms with Gasteiger partial charge in [-0.25, -0.2) is 4.68 Å². The summed E-state index contributed by atoms with van der Waals surface area (Å²) in [5, 5.41) is 15.9. The SMILES string of the molecule is CCN(CC(C)(C)CN)c1c([N+](=O)[O-])c(C(C)C)nn1C. The third kappa shape index (κ3) is 3.72. The zero-order chi connectivity index (χ0) is 16.4. The summed E-state index contributed by atoms with van der Waals surface area (Å²) in [6.45, 7) is 11.8. The second kappa shape index (κ2) is 6.43. The van der Waals surface area contributed by atoms with E-state index in [1.165, 1.54) is 0 Å². The topological polar surface area (TPSA) is 90.2 Å². The molecule has 0 unspecified atom stereocenters. The number of nitrogens with zero attached hydrogens (tertiary/aromatic N) is 4. The Bertz CT molecular complexity index is 508. The quantitative estimate of drug-likeness (QED) is 0.616. The molecule has 1 aromatic heterocycles. The van der Waals surface area contributed by atoms with Crippen LogP contribution < -0.4 is 10.6 Å². The number of nitro groups is 1. The first-order valence-corrected chi connectivity index (χ1v) is 7.31. The van der Waals surface area contributed by atoms with Crippen molar-refractivity contribution in [3.05, 3.63) is 15.8 Å². The molecular weight excluding hydrogens is 270 g/mol. The van der Waals surface area contributed by atoms with Crippen LogP contribution in [0, 0.1) is 15.5 Å². The van der Waals surface area contributed by atoms with Crippen LogP contribution in [0.2, 0.25) is 0 Å². The summed E-state index contributed by atoms with van der Waals surface area (Å²) in [5.41, 5.74) is 6.32. The molecule has 1 heterocycles. The standard InChI is InChI=1S/C14H27N5O2/c1-7-18(9-14(4,5)8-15)13-12(19(20)21)11(10(2)3)16-17(13)6/h10H,7-9,15H2,1-6H3. The summed E-state index contributed by atoms with van der Waals surface area (Å²) >= 11 is 0. The molecule has 0 aliphatic heterocycles. The number of hydrogen-bond donors (Lipinski definition) is 1. The molecule has 120 valence electrons. The van der Waals surface area contributed by atoms with E-state index in [0.717, 1.165) is 0 Å². The minimum atomic E-state index is -0.324. The molecule has 1 rings (SSSR count). The summed E-state index contributed by atoms with van der Waals surface area (Å²) in [5.74, 6) is 0.569. The van der Waals surface area contributed by atoms with Gasteiger partial charge in [0.25, 0.3) is 0 Å². The molecule has 7 heteroatoms. The first-order chi connectivity index (χ1) is 9.64. The molecule has 0 amide bonds. The Labute approximate surface area is 126 Å². The van der Waals surface area contributed by atoms with Crippen LogP contribution in [0.4, 0.5) is 11.5 Å². The van der Waals surface area contributed by atoms with E-state index >= 15 is 0 Å². The Morgan fingerprint density at radius 3 is 2.43 bits per heavy atom. The van der Waals surface area contributed by atoms with Crippen molar-refractivity contribution in [1.29, 1.82) is 0 Å². The average Bonchev–Trinajstić information content (AvgIpc) is 2.74. The smallest absolute Gasteiger partial charge is 0.334 e. The zero-order valence-corrected chi connectivity index (χ0v) is 13.9. The highest BCUT2D eigenvalue weighted by Gasteiger charge is 2.33. The van der Waals surface area contributed by atoms with Gasteiger partial charge >= 0.3 is 5.69 Å². The Kier molecular flexibility index (Phi) is 5.33. The molecule has 21 heavy (non-hydrogen) atoms. The fraction of sp³-hybridized carbons (Fsp3) is 0.786. The monoisotopic (exact) mass is 297 g/mol. The highest BCUT2D eigenvalue weighted by molar-refractivity contribution is 5.62. The molecule has 0 aliphatic carbocycles. The van der Waals surface area contributed by atoms with Crippen molar-refractivity contribution in [2.75, 3.05) is 24.5 Å². The highest BCUT2D eigenvalue weighted by atomic mass is 16.6. The molecule has 0 fully saturated rings. The van der Waals surface area contributed by atoms with Gasteiger partial charge in [0.2, 0.25) is 5.82 Å². The van der Waals surface area contributed by atoms with Gasteiger partial charge in [0.1, 0.15) is 5.69 Å². The maximum atomic E-state index is 11.5. The molecule has 0 atom stereocenters. The lowest BCUT2D eigenvalue weighted by molar-refractivity contribution is -0.385. The molecule has 0 saturated carbocycles. The van der Waals surface area contributed by atoms with E-state index in [1.54, 1.807) is 11.7 Å². The van der Waals surface area contributed by atoms with E-state index < -0.39 is 0 Å². The first-order valence-electron chi connectivity index (χ1n) is 7.31. The Morgan fingerprint density at radius 2 is 2.05 bits per heavy atom. The van der Waals surface area contributed by atoms with E-state index in [-0.39, 0.29) is 21.9 Å². The molecule has 0 radical (unpaired) electrons. The Hall–Kier alpha value is -1.63. The predicted octanol–water partition coefficient (Wildman–Crippen LogP) is 2.26. The van der Waals surface area contributed by atoms with Crippen LogP contribution in [-0.2, 0) is 7.05 Å². The number of aromatic nitrogens is 2. The lowest BCUT2D eigenvalue weighted by atomic mass is 9.93. The normalized spacial score (nSPS) is 12.0. The molecule has 7 nitrogen and oxygen atoms in total. The van der Waals surface area contributed by atoms with Gasteiger partial charge < -0.3 is 10.6 Å². The predicted molar refractivity (Wildman–Crippen MR) is 84.7 cm³/mol. The van der Waals surface area contributed by atoms with Crippen LogP contribution in [0.3, 0.4) is 0 Å². The van der Waals surface area contributed by atoms with Crippen molar-refractivity contribution < 1.29 is 4.92 Å². The van der Waals surface area contributed by atoms with Gasteiger partial charge in [0, 0.05) is 26.1 Å². The second-order valence-electron chi connectivity index (χ2n) is 6.48. The minimum Gasteiger partial charge on any atom is -0.351 e. The van der Waals surface area contributed by atoms with Crippen molar-refractivity contribution in [3.63, 3.8) is 0 Å². The van der Waals surface area contributed by atoms with Crippen molar-refractivity contribution in [2.45, 2.75) is 40.5 Å². The maximum Gasteiger partial charge on any atom is 0.334 e. The van der Waals surface area contributed by atoms with E-state index in [4.69, 9.17) is 5.73 Å². The molecular formula is C14H27N5O2. The lowest BCUT2D eigenvalue weighted by Gasteiger charge is -2.31. The van der Waals surface area contributed by atoms with Gasteiger partial charge in [-0.3, -0.25) is 10.1 Å². The van der Waals surface area contributed by atoms with Crippen LogP contribution in [0.25, 0.3) is 0 Å². The highest BCUT2D eigenvalue weighted by Crippen LogP contribution is 2.36. The summed E-state index contributed by atoms with van der Waals surface area (Å²) < 4.78 is 1.61. The van der Waals surface area contributed by atoms with Gasteiger partial charge in [0.05, 0.1) is 4.92 Å². The van der Waals surface area contributed by atoms with E-state index in [2.05, 4.69) is 18.9 Å². The van der Waals surface area contributed by atoms with Crippen LogP contribution in [0.5, 0.6) is 0 Å². The van der Waals surface area contributed by atoms with Gasteiger partial charge in [-0.2, -0.15) is 5.10 Å². The van der Waals surface area contributed by atoms with E-state index in [1.807, 2.05) is 25.7 Å². The zero-order valence-electron chi connectivity index (χ0n) is 13.9. The fourth-order valence-corrected chi connectivity index (χ4v) is 2.36. The van der Waals surface area contributed by atoms with Crippen molar-refractivity contribution in [3.8, 4) is 0 Å². The number of aryl methyl sites for hydroxylation is 1. The third-order valence-corrected chi connectivity index (χ3v) is 3.60. The van der Waals surface area contributed by atoms with Crippen LogP contribution in [0.15, 0.2) is 0 Å².